The van der Waals surface area contributed by atoms with E-state index in [2.05, 4.69) is 50.3 Å². The first kappa shape index (κ1) is 13.2. The van der Waals surface area contributed by atoms with Crippen LogP contribution in [0.15, 0.2) is 29.0 Å². The van der Waals surface area contributed by atoms with Crippen molar-refractivity contribution in [2.75, 3.05) is 5.32 Å². The van der Waals surface area contributed by atoms with Crippen molar-refractivity contribution >= 4 is 49.0 Å². The van der Waals surface area contributed by atoms with E-state index in [0.717, 1.165) is 27.2 Å². The Balaban J connectivity index is 1.83. The summed E-state index contributed by atoms with van der Waals surface area (Å²) in [5.41, 5.74) is 3.74. The number of hydrogen-bond acceptors (Lipinski definition) is 4. The SMILES string of the molecule is Cc1cc(Br)ccc1Nc1ncnc2sc3c(c12)CCC3. The minimum absolute atomic E-state index is 0.935. The lowest BCUT2D eigenvalue weighted by Crippen LogP contribution is -1.97. The number of nitrogens with zero attached hydrogens (tertiary/aromatic N) is 2. The Bertz CT molecular complexity index is 841. The van der Waals surface area contributed by atoms with Crippen molar-refractivity contribution in [3.63, 3.8) is 0 Å². The molecule has 0 bridgehead atoms. The fourth-order valence-corrected chi connectivity index (χ4v) is 4.62. The summed E-state index contributed by atoms with van der Waals surface area (Å²) in [4.78, 5) is 11.5. The van der Waals surface area contributed by atoms with Gasteiger partial charge in [-0.25, -0.2) is 9.97 Å². The average Bonchev–Trinajstić information content (AvgIpc) is 3.02. The lowest BCUT2D eigenvalue weighted by Gasteiger charge is -2.10. The maximum atomic E-state index is 4.49. The molecule has 1 N–H and O–H groups in total. The van der Waals surface area contributed by atoms with Gasteiger partial charge in [0.05, 0.1) is 5.39 Å². The van der Waals surface area contributed by atoms with Crippen LogP contribution in [0.5, 0.6) is 0 Å². The van der Waals surface area contributed by atoms with Crippen LogP contribution in [-0.2, 0) is 12.8 Å². The zero-order chi connectivity index (χ0) is 14.4. The molecule has 1 aromatic carbocycles. The van der Waals surface area contributed by atoms with Crippen molar-refractivity contribution in [2.24, 2.45) is 0 Å². The first-order valence-electron chi connectivity index (χ1n) is 7.01. The summed E-state index contributed by atoms with van der Waals surface area (Å²) in [7, 11) is 0. The second-order valence-electron chi connectivity index (χ2n) is 5.34. The molecule has 0 spiro atoms. The Hall–Kier alpha value is -1.46. The van der Waals surface area contributed by atoms with Gasteiger partial charge in [-0.05, 0) is 55.5 Å². The molecule has 1 aliphatic carbocycles. The minimum atomic E-state index is 0.935. The molecule has 3 nitrogen and oxygen atoms in total. The van der Waals surface area contributed by atoms with E-state index in [9.17, 15) is 0 Å². The summed E-state index contributed by atoms with van der Waals surface area (Å²) in [5, 5.41) is 4.71. The topological polar surface area (TPSA) is 37.8 Å². The molecule has 0 saturated heterocycles. The molecule has 0 aliphatic heterocycles. The third kappa shape index (κ3) is 2.24. The Kier molecular flexibility index (Phi) is 3.19. The largest absolute Gasteiger partial charge is 0.339 e. The molecule has 2 heterocycles. The van der Waals surface area contributed by atoms with E-state index in [0.29, 0.717) is 0 Å². The number of benzene rings is 1. The highest BCUT2D eigenvalue weighted by Gasteiger charge is 2.21. The predicted molar refractivity (Wildman–Crippen MR) is 91.6 cm³/mol. The van der Waals surface area contributed by atoms with E-state index in [1.165, 1.54) is 34.2 Å². The normalized spacial score (nSPS) is 13.6. The van der Waals surface area contributed by atoms with E-state index in [-0.39, 0.29) is 0 Å². The highest BCUT2D eigenvalue weighted by atomic mass is 79.9. The second-order valence-corrected chi connectivity index (χ2v) is 7.34. The molecular weight excluding hydrogens is 346 g/mol. The number of fused-ring (bicyclic) bond motifs is 3. The molecule has 0 saturated carbocycles. The molecule has 1 aliphatic rings. The van der Waals surface area contributed by atoms with Gasteiger partial charge in [0.2, 0.25) is 0 Å². The standard InChI is InChI=1S/C16H14BrN3S/c1-9-7-10(17)5-6-12(9)20-15-14-11-3-2-4-13(11)21-16(14)19-8-18-15/h5-8H,2-4H2,1H3,(H,18,19,20). The fourth-order valence-electron chi connectivity index (χ4n) is 2.92. The van der Waals surface area contributed by atoms with Crippen molar-refractivity contribution in [2.45, 2.75) is 26.2 Å². The zero-order valence-electron chi connectivity index (χ0n) is 11.6. The zero-order valence-corrected chi connectivity index (χ0v) is 14.0. The van der Waals surface area contributed by atoms with Gasteiger partial charge in [0.15, 0.2) is 0 Å². The molecule has 0 unspecified atom stereocenters. The van der Waals surface area contributed by atoms with Gasteiger partial charge in [0.25, 0.3) is 0 Å². The van der Waals surface area contributed by atoms with Crippen LogP contribution in [0.25, 0.3) is 10.2 Å². The lowest BCUT2D eigenvalue weighted by molar-refractivity contribution is 0.917. The summed E-state index contributed by atoms with van der Waals surface area (Å²) in [6.07, 6.45) is 5.25. The van der Waals surface area contributed by atoms with Crippen LogP contribution < -0.4 is 5.32 Å². The molecule has 3 aromatic rings. The van der Waals surface area contributed by atoms with Crippen molar-refractivity contribution in [3.8, 4) is 0 Å². The van der Waals surface area contributed by atoms with Crippen molar-refractivity contribution < 1.29 is 0 Å². The van der Waals surface area contributed by atoms with Crippen LogP contribution in [0.4, 0.5) is 11.5 Å². The summed E-state index contributed by atoms with van der Waals surface area (Å²) < 4.78 is 1.09. The van der Waals surface area contributed by atoms with E-state index in [1.807, 2.05) is 17.4 Å². The quantitative estimate of drug-likeness (QED) is 0.699. The number of thiophene rings is 1. The number of hydrogen-bond donors (Lipinski definition) is 1. The Labute approximate surface area is 135 Å². The molecule has 0 amide bonds. The first-order valence-corrected chi connectivity index (χ1v) is 8.62. The van der Waals surface area contributed by atoms with E-state index >= 15 is 0 Å². The highest BCUT2D eigenvalue weighted by Crippen LogP contribution is 2.40. The van der Waals surface area contributed by atoms with Gasteiger partial charge in [-0.1, -0.05) is 15.9 Å². The molecule has 106 valence electrons. The first-order chi connectivity index (χ1) is 10.2. The molecule has 0 radical (unpaired) electrons. The number of anilines is 2. The number of nitrogens with one attached hydrogen (secondary N) is 1. The van der Waals surface area contributed by atoms with Crippen LogP contribution in [0.2, 0.25) is 0 Å². The maximum Gasteiger partial charge on any atom is 0.142 e. The van der Waals surface area contributed by atoms with Crippen molar-refractivity contribution in [1.29, 1.82) is 0 Å². The minimum Gasteiger partial charge on any atom is -0.339 e. The van der Waals surface area contributed by atoms with Gasteiger partial charge in [0, 0.05) is 15.0 Å². The van der Waals surface area contributed by atoms with Crippen molar-refractivity contribution in [3.05, 3.63) is 45.0 Å². The predicted octanol–water partition coefficient (Wildman–Crippen LogP) is 4.99. The Morgan fingerprint density at radius 1 is 1.24 bits per heavy atom. The molecule has 5 heteroatoms. The Morgan fingerprint density at radius 2 is 2.14 bits per heavy atom. The second kappa shape index (κ2) is 5.07. The van der Waals surface area contributed by atoms with Crippen LogP contribution in [0.1, 0.15) is 22.4 Å². The van der Waals surface area contributed by atoms with Gasteiger partial charge < -0.3 is 5.32 Å². The smallest absolute Gasteiger partial charge is 0.142 e. The fraction of sp³-hybridized carbons (Fsp3) is 0.250. The van der Waals surface area contributed by atoms with Crippen LogP contribution in [0, 0.1) is 6.92 Å². The van der Waals surface area contributed by atoms with E-state index in [4.69, 9.17) is 0 Å². The molecule has 0 fully saturated rings. The van der Waals surface area contributed by atoms with Gasteiger partial charge >= 0.3 is 0 Å². The van der Waals surface area contributed by atoms with E-state index < -0.39 is 0 Å². The lowest BCUT2D eigenvalue weighted by atomic mass is 10.1. The third-order valence-corrected chi connectivity index (χ3v) is 5.64. The van der Waals surface area contributed by atoms with Gasteiger partial charge in [-0.3, -0.25) is 0 Å². The number of rotatable bonds is 2. The van der Waals surface area contributed by atoms with Crippen LogP contribution in [-0.4, -0.2) is 9.97 Å². The molecule has 4 rings (SSSR count). The van der Waals surface area contributed by atoms with Gasteiger partial charge in [0.1, 0.15) is 17.0 Å². The molecular formula is C16H14BrN3S. The maximum absolute atomic E-state index is 4.49. The van der Waals surface area contributed by atoms with Crippen LogP contribution >= 0.6 is 27.3 Å². The van der Waals surface area contributed by atoms with Gasteiger partial charge in [-0.15, -0.1) is 11.3 Å². The number of aromatic nitrogens is 2. The van der Waals surface area contributed by atoms with E-state index in [1.54, 1.807) is 6.33 Å². The third-order valence-electron chi connectivity index (χ3n) is 3.94. The summed E-state index contributed by atoms with van der Waals surface area (Å²) in [6.45, 7) is 2.10. The number of aryl methyl sites for hydroxylation is 3. The molecule has 2 aromatic heterocycles. The summed E-state index contributed by atoms with van der Waals surface area (Å²) in [6, 6.07) is 6.24. The average molecular weight is 360 g/mol. The Morgan fingerprint density at radius 3 is 3.00 bits per heavy atom. The molecule has 21 heavy (non-hydrogen) atoms. The number of halogens is 1. The van der Waals surface area contributed by atoms with Crippen molar-refractivity contribution in [1.82, 2.24) is 9.97 Å². The monoisotopic (exact) mass is 359 g/mol. The van der Waals surface area contributed by atoms with Crippen LogP contribution in [0.3, 0.4) is 0 Å². The molecule has 0 atom stereocenters. The summed E-state index contributed by atoms with van der Waals surface area (Å²) >= 11 is 5.32. The summed E-state index contributed by atoms with van der Waals surface area (Å²) in [5.74, 6) is 0.935. The highest BCUT2D eigenvalue weighted by molar-refractivity contribution is 9.10. The van der Waals surface area contributed by atoms with Gasteiger partial charge in [-0.2, -0.15) is 0 Å².